The first-order valence-electron chi connectivity index (χ1n) is 3.85. The summed E-state index contributed by atoms with van der Waals surface area (Å²) < 4.78 is 4.98. The van der Waals surface area contributed by atoms with Crippen LogP contribution >= 0.6 is 11.6 Å². The van der Waals surface area contributed by atoms with Gasteiger partial charge in [-0.2, -0.15) is 0 Å². The van der Waals surface area contributed by atoms with Crippen molar-refractivity contribution in [1.82, 2.24) is 20.4 Å². The molecule has 6 nitrogen and oxygen atoms in total. The molecule has 0 spiro atoms. The second kappa shape index (κ2) is 3.83. The smallest absolute Gasteiger partial charge is 0.380 e. The third-order valence-electron chi connectivity index (χ3n) is 1.04. The van der Waals surface area contributed by atoms with Gasteiger partial charge in [-0.1, -0.05) is 0 Å². The lowest BCUT2D eigenvalue weighted by molar-refractivity contribution is 0.00524. The lowest BCUT2D eigenvalue weighted by atomic mass is 10.2. The Morgan fingerprint density at radius 2 is 1.71 bits per heavy atom. The van der Waals surface area contributed by atoms with Crippen LogP contribution in [0.15, 0.2) is 0 Å². The molecule has 14 heavy (non-hydrogen) atoms. The number of rotatable bonds is 1. The van der Waals surface area contributed by atoms with Gasteiger partial charge in [0, 0.05) is 0 Å². The zero-order valence-electron chi connectivity index (χ0n) is 7.98. The normalized spacial score (nSPS) is 11.1. The maximum atomic E-state index is 11.3. The van der Waals surface area contributed by atoms with Crippen LogP contribution < -0.4 is 0 Å². The Bertz CT molecular complexity index is 333. The van der Waals surface area contributed by atoms with Crippen LogP contribution in [-0.4, -0.2) is 32.0 Å². The van der Waals surface area contributed by atoms with Gasteiger partial charge in [-0.25, -0.2) is 4.79 Å². The highest BCUT2D eigenvalue weighted by Crippen LogP contribution is 2.08. The molecule has 1 heterocycles. The zero-order chi connectivity index (χ0) is 10.8. The third-order valence-corrected chi connectivity index (χ3v) is 1.19. The van der Waals surface area contributed by atoms with E-state index in [1.807, 2.05) is 0 Å². The van der Waals surface area contributed by atoms with Crippen LogP contribution in [0.3, 0.4) is 0 Å². The van der Waals surface area contributed by atoms with Crippen molar-refractivity contribution in [2.75, 3.05) is 0 Å². The summed E-state index contributed by atoms with van der Waals surface area (Å²) in [5.41, 5.74) is -0.597. The summed E-state index contributed by atoms with van der Waals surface area (Å²) in [7, 11) is 0. The van der Waals surface area contributed by atoms with Gasteiger partial charge in [0.15, 0.2) is 0 Å². The fraction of sp³-hybridized carbons (Fsp3) is 0.571. The molecule has 0 aliphatic rings. The zero-order valence-corrected chi connectivity index (χ0v) is 8.74. The predicted octanol–water partition coefficient (Wildman–Crippen LogP) is 0.875. The molecule has 1 aromatic rings. The van der Waals surface area contributed by atoms with Crippen LogP contribution in [-0.2, 0) is 4.74 Å². The predicted molar refractivity (Wildman–Crippen MR) is 47.8 cm³/mol. The van der Waals surface area contributed by atoms with Crippen molar-refractivity contribution in [2.45, 2.75) is 26.4 Å². The Kier molecular flexibility index (Phi) is 2.95. The maximum absolute atomic E-state index is 11.3. The monoisotopic (exact) mass is 216 g/mol. The summed E-state index contributed by atoms with van der Waals surface area (Å²) in [5.74, 6) is -0.876. The summed E-state index contributed by atoms with van der Waals surface area (Å²) in [6.07, 6.45) is 0. The molecule has 0 unspecified atom stereocenters. The molecule has 0 aliphatic carbocycles. The molecular formula is C7H9ClN4O2. The van der Waals surface area contributed by atoms with E-state index in [-0.39, 0.29) is 11.1 Å². The van der Waals surface area contributed by atoms with Crippen LogP contribution in [0.5, 0.6) is 0 Å². The van der Waals surface area contributed by atoms with Crippen molar-refractivity contribution in [1.29, 1.82) is 0 Å². The molecule has 0 fully saturated rings. The molecule has 1 aromatic heterocycles. The van der Waals surface area contributed by atoms with Crippen LogP contribution in [0.1, 0.15) is 31.4 Å². The van der Waals surface area contributed by atoms with Crippen molar-refractivity contribution in [2.24, 2.45) is 0 Å². The van der Waals surface area contributed by atoms with Gasteiger partial charge in [-0.15, -0.1) is 20.4 Å². The van der Waals surface area contributed by atoms with E-state index in [9.17, 15) is 4.79 Å². The third kappa shape index (κ3) is 3.21. The van der Waals surface area contributed by atoms with Crippen molar-refractivity contribution in [3.8, 4) is 0 Å². The van der Waals surface area contributed by atoms with Gasteiger partial charge >= 0.3 is 5.97 Å². The number of carbonyl (C=O) groups excluding carboxylic acids is 1. The molecule has 0 radical (unpaired) electrons. The summed E-state index contributed by atoms with van der Waals surface area (Å²) >= 11 is 5.35. The largest absolute Gasteiger partial charge is 0.454 e. The number of hydrogen-bond acceptors (Lipinski definition) is 6. The Morgan fingerprint density at radius 3 is 2.14 bits per heavy atom. The Balaban J connectivity index is 2.76. The number of ether oxygens (including phenoxy) is 1. The maximum Gasteiger partial charge on any atom is 0.380 e. The molecule has 1 rings (SSSR count). The number of nitrogens with zero attached hydrogens (tertiary/aromatic N) is 4. The van der Waals surface area contributed by atoms with Crippen molar-refractivity contribution in [3.63, 3.8) is 0 Å². The topological polar surface area (TPSA) is 77.9 Å². The van der Waals surface area contributed by atoms with Crippen LogP contribution in [0, 0.1) is 0 Å². The number of esters is 1. The molecule has 0 saturated heterocycles. The highest BCUT2D eigenvalue weighted by atomic mass is 35.5. The SMILES string of the molecule is CC(C)(C)OC(=O)c1nnc(Cl)nn1. The second-order valence-electron chi connectivity index (χ2n) is 3.49. The van der Waals surface area contributed by atoms with E-state index in [1.165, 1.54) is 0 Å². The average molecular weight is 217 g/mol. The lowest BCUT2D eigenvalue weighted by Gasteiger charge is -2.18. The Morgan fingerprint density at radius 1 is 1.21 bits per heavy atom. The van der Waals surface area contributed by atoms with E-state index in [0.717, 1.165) is 0 Å². The van der Waals surface area contributed by atoms with Gasteiger partial charge in [0.2, 0.25) is 0 Å². The molecule has 76 valence electrons. The van der Waals surface area contributed by atoms with E-state index in [0.29, 0.717) is 0 Å². The van der Waals surface area contributed by atoms with E-state index in [1.54, 1.807) is 20.8 Å². The fourth-order valence-corrected chi connectivity index (χ4v) is 0.698. The van der Waals surface area contributed by atoms with Crippen molar-refractivity contribution < 1.29 is 9.53 Å². The summed E-state index contributed by atoms with van der Waals surface area (Å²) in [4.78, 5) is 11.3. The highest BCUT2D eigenvalue weighted by molar-refractivity contribution is 6.28. The number of aromatic nitrogens is 4. The number of halogens is 1. The summed E-state index contributed by atoms with van der Waals surface area (Å²) in [6.45, 7) is 5.21. The highest BCUT2D eigenvalue weighted by Gasteiger charge is 2.20. The molecule has 0 aliphatic heterocycles. The van der Waals surface area contributed by atoms with Gasteiger partial charge in [0.05, 0.1) is 0 Å². The summed E-state index contributed by atoms with van der Waals surface area (Å²) in [5, 5.41) is 13.5. The van der Waals surface area contributed by atoms with E-state index in [4.69, 9.17) is 16.3 Å². The first-order chi connectivity index (χ1) is 6.38. The first-order valence-corrected chi connectivity index (χ1v) is 4.22. The minimum Gasteiger partial charge on any atom is -0.454 e. The average Bonchev–Trinajstić information content (AvgIpc) is 2.02. The fourth-order valence-electron chi connectivity index (χ4n) is 0.623. The van der Waals surface area contributed by atoms with Gasteiger partial charge < -0.3 is 4.74 Å². The van der Waals surface area contributed by atoms with E-state index < -0.39 is 11.6 Å². The van der Waals surface area contributed by atoms with Crippen molar-refractivity contribution >= 4 is 17.6 Å². The molecule has 0 aromatic carbocycles. The lowest BCUT2D eigenvalue weighted by Crippen LogP contribution is -2.25. The van der Waals surface area contributed by atoms with Crippen LogP contribution in [0.4, 0.5) is 0 Å². The first kappa shape index (κ1) is 10.8. The van der Waals surface area contributed by atoms with E-state index >= 15 is 0 Å². The van der Waals surface area contributed by atoms with Gasteiger partial charge in [0.1, 0.15) is 5.60 Å². The Hall–Kier alpha value is -1.30. The van der Waals surface area contributed by atoms with Gasteiger partial charge in [-0.05, 0) is 32.4 Å². The molecule has 0 N–H and O–H groups in total. The van der Waals surface area contributed by atoms with Gasteiger partial charge in [0.25, 0.3) is 11.1 Å². The second-order valence-corrected chi connectivity index (χ2v) is 3.83. The molecule has 7 heteroatoms. The van der Waals surface area contributed by atoms with E-state index in [2.05, 4.69) is 20.4 Å². The number of carbonyl (C=O) groups is 1. The van der Waals surface area contributed by atoms with Crippen LogP contribution in [0.2, 0.25) is 5.28 Å². The quantitative estimate of drug-likeness (QED) is 0.649. The molecule has 0 atom stereocenters. The van der Waals surface area contributed by atoms with Crippen LogP contribution in [0.25, 0.3) is 0 Å². The van der Waals surface area contributed by atoms with Gasteiger partial charge in [-0.3, -0.25) is 0 Å². The summed E-state index contributed by atoms with van der Waals surface area (Å²) in [6, 6.07) is 0. The number of hydrogen-bond donors (Lipinski definition) is 0. The molecule has 0 saturated carbocycles. The Labute approximate surface area is 85.6 Å². The minimum atomic E-state index is -0.672. The molecular weight excluding hydrogens is 208 g/mol. The minimum absolute atomic E-state index is 0.114. The molecule has 0 amide bonds. The molecule has 0 bridgehead atoms. The van der Waals surface area contributed by atoms with Crippen molar-refractivity contribution in [3.05, 3.63) is 11.1 Å². The standard InChI is InChI=1S/C7H9ClN4O2/c1-7(2,3)14-5(13)4-9-11-6(8)12-10-4/h1-3H3.